The van der Waals surface area contributed by atoms with Gasteiger partial charge in [0.2, 0.25) is 0 Å². The van der Waals surface area contributed by atoms with Crippen molar-refractivity contribution in [2.75, 3.05) is 0 Å². The van der Waals surface area contributed by atoms with Crippen LogP contribution in [-0.4, -0.2) is 9.55 Å². The van der Waals surface area contributed by atoms with Crippen LogP contribution in [0.25, 0.3) is 11.0 Å². The summed E-state index contributed by atoms with van der Waals surface area (Å²) in [6.45, 7) is 14.0. The first-order valence-electron chi connectivity index (χ1n) is 7.43. The third-order valence-electron chi connectivity index (χ3n) is 4.11. The zero-order valence-electron chi connectivity index (χ0n) is 13.6. The van der Waals surface area contributed by atoms with Crippen LogP contribution in [0.1, 0.15) is 59.4 Å². The van der Waals surface area contributed by atoms with Crippen molar-refractivity contribution in [1.29, 1.82) is 0 Å². The number of hydrogen-bond acceptors (Lipinski definition) is 2. The summed E-state index contributed by atoms with van der Waals surface area (Å²) in [5.74, 6) is 1.16. The first-order chi connectivity index (χ1) is 9.20. The lowest BCUT2D eigenvalue weighted by Crippen LogP contribution is -2.30. The monoisotopic (exact) mass is 273 g/mol. The van der Waals surface area contributed by atoms with Gasteiger partial charge >= 0.3 is 0 Å². The van der Waals surface area contributed by atoms with Gasteiger partial charge in [-0.15, -0.1) is 0 Å². The summed E-state index contributed by atoms with van der Waals surface area (Å²) in [4.78, 5) is 4.94. The summed E-state index contributed by atoms with van der Waals surface area (Å²) >= 11 is 0. The quantitative estimate of drug-likeness (QED) is 0.920. The van der Waals surface area contributed by atoms with E-state index in [1.165, 1.54) is 5.52 Å². The Balaban J connectivity index is 2.80. The van der Waals surface area contributed by atoms with Crippen LogP contribution in [0.4, 0.5) is 0 Å². The average molecular weight is 273 g/mol. The summed E-state index contributed by atoms with van der Waals surface area (Å²) in [5, 5.41) is 0. The van der Waals surface area contributed by atoms with Gasteiger partial charge in [-0.05, 0) is 44.9 Å². The maximum atomic E-state index is 5.75. The molecule has 0 radical (unpaired) electrons. The van der Waals surface area contributed by atoms with Crippen LogP contribution in [0, 0.1) is 0 Å². The van der Waals surface area contributed by atoms with Crippen molar-refractivity contribution in [2.45, 2.75) is 65.5 Å². The molecule has 3 nitrogen and oxygen atoms in total. The van der Waals surface area contributed by atoms with E-state index in [4.69, 9.17) is 10.7 Å². The molecule has 3 heteroatoms. The van der Waals surface area contributed by atoms with Gasteiger partial charge in [0.05, 0.1) is 11.0 Å². The molecule has 2 rings (SSSR count). The van der Waals surface area contributed by atoms with Gasteiger partial charge in [0, 0.05) is 17.5 Å². The van der Waals surface area contributed by atoms with E-state index < -0.39 is 0 Å². The molecule has 0 saturated carbocycles. The highest BCUT2D eigenvalue weighted by molar-refractivity contribution is 5.77. The number of rotatable bonds is 3. The molecular weight excluding hydrogens is 246 g/mol. The summed E-state index contributed by atoms with van der Waals surface area (Å²) in [6.07, 6.45) is 1.07. The van der Waals surface area contributed by atoms with Gasteiger partial charge in [0.15, 0.2) is 0 Å². The Labute approximate surface area is 122 Å². The number of imidazole rings is 1. The van der Waals surface area contributed by atoms with Gasteiger partial charge < -0.3 is 10.3 Å². The van der Waals surface area contributed by atoms with Crippen LogP contribution in [0.15, 0.2) is 18.2 Å². The van der Waals surface area contributed by atoms with E-state index in [0.29, 0.717) is 6.54 Å². The Morgan fingerprint density at radius 1 is 1.15 bits per heavy atom. The van der Waals surface area contributed by atoms with Crippen LogP contribution in [0.5, 0.6) is 0 Å². The summed E-state index contributed by atoms with van der Waals surface area (Å²) in [6, 6.07) is 6.38. The molecule has 0 fully saturated rings. The van der Waals surface area contributed by atoms with Crippen LogP contribution in [-0.2, 0) is 17.5 Å². The Kier molecular flexibility index (Phi) is 3.67. The molecule has 20 heavy (non-hydrogen) atoms. The number of benzene rings is 1. The number of fused-ring (bicyclic) bond motifs is 1. The fourth-order valence-corrected chi connectivity index (χ4v) is 2.54. The molecular formula is C17H27N3. The fraction of sp³-hybridized carbons (Fsp3) is 0.588. The zero-order valence-corrected chi connectivity index (χ0v) is 13.6. The highest BCUT2D eigenvalue weighted by Gasteiger charge is 2.30. The predicted molar refractivity (Wildman–Crippen MR) is 85.9 cm³/mol. The molecule has 1 aromatic heterocycles. The number of hydrogen-bond donors (Lipinski definition) is 1. The average Bonchev–Trinajstić information content (AvgIpc) is 2.77. The molecule has 0 atom stereocenters. The highest BCUT2D eigenvalue weighted by Crippen LogP contribution is 2.34. The van der Waals surface area contributed by atoms with E-state index >= 15 is 0 Å². The topological polar surface area (TPSA) is 43.8 Å². The second-order valence-corrected chi connectivity index (χ2v) is 7.21. The van der Waals surface area contributed by atoms with E-state index in [1.54, 1.807) is 0 Å². The molecule has 0 spiro atoms. The van der Waals surface area contributed by atoms with Crippen molar-refractivity contribution < 1.29 is 0 Å². The molecule has 0 bridgehead atoms. The summed E-state index contributed by atoms with van der Waals surface area (Å²) in [5.41, 5.74) is 9.22. The zero-order chi connectivity index (χ0) is 15.1. The summed E-state index contributed by atoms with van der Waals surface area (Å²) in [7, 11) is 0. The van der Waals surface area contributed by atoms with Gasteiger partial charge in [0.1, 0.15) is 5.82 Å². The molecule has 0 aliphatic heterocycles. The molecule has 2 N–H and O–H groups in total. The van der Waals surface area contributed by atoms with Crippen molar-refractivity contribution in [3.05, 3.63) is 29.6 Å². The minimum atomic E-state index is 0.0146. The maximum absolute atomic E-state index is 5.75. The van der Waals surface area contributed by atoms with Crippen molar-refractivity contribution >= 4 is 11.0 Å². The van der Waals surface area contributed by atoms with Gasteiger partial charge in [-0.1, -0.05) is 26.8 Å². The molecule has 0 saturated heterocycles. The van der Waals surface area contributed by atoms with E-state index in [2.05, 4.69) is 64.3 Å². The normalized spacial score (nSPS) is 13.2. The smallest absolute Gasteiger partial charge is 0.116 e. The molecule has 1 aromatic carbocycles. The van der Waals surface area contributed by atoms with Crippen molar-refractivity contribution in [2.24, 2.45) is 5.73 Å². The molecule has 1 heterocycles. The predicted octanol–water partition coefficient (Wildman–Crippen LogP) is 3.94. The van der Waals surface area contributed by atoms with Gasteiger partial charge in [0.25, 0.3) is 0 Å². The maximum Gasteiger partial charge on any atom is 0.116 e. The highest BCUT2D eigenvalue weighted by atomic mass is 15.1. The van der Waals surface area contributed by atoms with Gasteiger partial charge in [-0.2, -0.15) is 0 Å². The standard InChI is InChI=1S/C17H27N3/c1-7-17(5,6)15-19-13-10-12(11-18)8-9-14(13)20(15)16(2,3)4/h8-10H,7,11,18H2,1-6H3. The van der Waals surface area contributed by atoms with E-state index in [0.717, 1.165) is 23.3 Å². The minimum absolute atomic E-state index is 0.0146. The minimum Gasteiger partial charge on any atom is -0.326 e. The molecule has 0 unspecified atom stereocenters. The number of nitrogens with zero attached hydrogens (tertiary/aromatic N) is 2. The Bertz CT molecular complexity index is 615. The largest absolute Gasteiger partial charge is 0.326 e. The van der Waals surface area contributed by atoms with Crippen LogP contribution < -0.4 is 5.73 Å². The lowest BCUT2D eigenvalue weighted by Gasteiger charge is -2.31. The van der Waals surface area contributed by atoms with Crippen LogP contribution in [0.2, 0.25) is 0 Å². The molecule has 2 aromatic rings. The Morgan fingerprint density at radius 2 is 1.80 bits per heavy atom. The van der Waals surface area contributed by atoms with Crippen molar-refractivity contribution in [3.8, 4) is 0 Å². The Morgan fingerprint density at radius 3 is 2.30 bits per heavy atom. The second-order valence-electron chi connectivity index (χ2n) is 7.21. The van der Waals surface area contributed by atoms with Crippen molar-refractivity contribution in [3.63, 3.8) is 0 Å². The van der Waals surface area contributed by atoms with Crippen molar-refractivity contribution in [1.82, 2.24) is 9.55 Å². The lowest BCUT2D eigenvalue weighted by molar-refractivity contribution is 0.349. The third kappa shape index (κ3) is 2.47. The molecule has 110 valence electrons. The van der Waals surface area contributed by atoms with E-state index in [-0.39, 0.29) is 11.0 Å². The molecule has 0 amide bonds. The SMILES string of the molecule is CCC(C)(C)c1nc2cc(CN)ccc2n1C(C)(C)C. The Hall–Kier alpha value is -1.35. The van der Waals surface area contributed by atoms with Gasteiger partial charge in [-0.3, -0.25) is 0 Å². The van der Waals surface area contributed by atoms with E-state index in [9.17, 15) is 0 Å². The van der Waals surface area contributed by atoms with Crippen LogP contribution >= 0.6 is 0 Å². The van der Waals surface area contributed by atoms with Crippen LogP contribution in [0.3, 0.4) is 0 Å². The number of nitrogens with two attached hydrogens (primary N) is 1. The third-order valence-corrected chi connectivity index (χ3v) is 4.11. The molecule has 0 aliphatic rings. The summed E-state index contributed by atoms with van der Waals surface area (Å²) < 4.78 is 2.38. The first kappa shape index (κ1) is 15.0. The molecule has 0 aliphatic carbocycles. The fourth-order valence-electron chi connectivity index (χ4n) is 2.54. The number of aromatic nitrogens is 2. The lowest BCUT2D eigenvalue weighted by atomic mass is 9.88. The van der Waals surface area contributed by atoms with E-state index in [1.807, 2.05) is 0 Å². The first-order valence-corrected chi connectivity index (χ1v) is 7.43. The second kappa shape index (κ2) is 4.88. The van der Waals surface area contributed by atoms with Gasteiger partial charge in [-0.25, -0.2) is 4.98 Å².